The van der Waals surface area contributed by atoms with Crippen LogP contribution in [0.4, 0.5) is 11.4 Å². The van der Waals surface area contributed by atoms with Crippen molar-refractivity contribution in [1.82, 2.24) is 0 Å². The number of nitro benzene ring substituents is 1. The van der Waals surface area contributed by atoms with E-state index in [1.54, 1.807) is 17.1 Å². The SMILES string of the molecule is CC1=NN(c2ccccc2)C(=S)/C1=C/Cc1ccc([N+](=O)[O-])cc1. The number of nitro groups is 1. The van der Waals surface area contributed by atoms with E-state index < -0.39 is 4.92 Å². The number of anilines is 1. The van der Waals surface area contributed by atoms with Gasteiger partial charge < -0.3 is 0 Å². The summed E-state index contributed by atoms with van der Waals surface area (Å²) < 4.78 is 0. The Kier molecular flexibility index (Phi) is 4.48. The second-order valence-corrected chi connectivity index (χ2v) is 5.77. The smallest absolute Gasteiger partial charge is 0.258 e. The predicted molar refractivity (Wildman–Crippen MR) is 99.5 cm³/mol. The van der Waals surface area contributed by atoms with Gasteiger partial charge in [-0.1, -0.05) is 48.6 Å². The second kappa shape index (κ2) is 6.72. The van der Waals surface area contributed by atoms with Crippen LogP contribution in [0.5, 0.6) is 0 Å². The summed E-state index contributed by atoms with van der Waals surface area (Å²) in [5.41, 5.74) is 3.80. The lowest BCUT2D eigenvalue weighted by Crippen LogP contribution is -2.19. The third-order valence-electron chi connectivity index (χ3n) is 3.75. The molecular weight excluding hydrogens is 322 g/mol. The van der Waals surface area contributed by atoms with Crippen molar-refractivity contribution in [2.24, 2.45) is 5.10 Å². The van der Waals surface area contributed by atoms with Gasteiger partial charge in [-0.2, -0.15) is 5.10 Å². The second-order valence-electron chi connectivity index (χ2n) is 5.38. The molecule has 6 heteroatoms. The van der Waals surface area contributed by atoms with Crippen LogP contribution >= 0.6 is 12.2 Å². The Bertz CT molecular complexity index is 842. The maximum absolute atomic E-state index is 10.7. The Morgan fingerprint density at radius 3 is 2.46 bits per heavy atom. The monoisotopic (exact) mass is 337 g/mol. The van der Waals surface area contributed by atoms with E-state index in [9.17, 15) is 10.1 Å². The molecule has 0 aliphatic carbocycles. The van der Waals surface area contributed by atoms with Gasteiger partial charge in [0.05, 0.1) is 16.3 Å². The van der Waals surface area contributed by atoms with Crippen LogP contribution in [0.15, 0.2) is 71.3 Å². The van der Waals surface area contributed by atoms with Crippen LogP contribution < -0.4 is 5.01 Å². The molecule has 24 heavy (non-hydrogen) atoms. The molecule has 0 amide bonds. The molecule has 3 rings (SSSR count). The Labute approximate surface area is 145 Å². The summed E-state index contributed by atoms with van der Waals surface area (Å²) in [7, 11) is 0. The molecule has 0 radical (unpaired) electrons. The minimum atomic E-state index is -0.400. The first-order chi connectivity index (χ1) is 11.6. The zero-order chi connectivity index (χ0) is 17.1. The molecule has 0 aromatic heterocycles. The lowest BCUT2D eigenvalue weighted by molar-refractivity contribution is -0.384. The number of hydrazone groups is 1. The van der Waals surface area contributed by atoms with Crippen molar-refractivity contribution >= 4 is 34.3 Å². The predicted octanol–water partition coefficient (Wildman–Crippen LogP) is 4.29. The van der Waals surface area contributed by atoms with Crippen LogP contribution in [0.25, 0.3) is 0 Å². The molecule has 0 fully saturated rings. The number of allylic oxidation sites excluding steroid dienone is 1. The first-order valence-electron chi connectivity index (χ1n) is 7.45. The summed E-state index contributed by atoms with van der Waals surface area (Å²) in [4.78, 5) is 11.0. The minimum absolute atomic E-state index is 0.0933. The summed E-state index contributed by atoms with van der Waals surface area (Å²) >= 11 is 5.55. The Balaban J connectivity index is 1.77. The van der Waals surface area contributed by atoms with Gasteiger partial charge in [0.2, 0.25) is 0 Å². The number of benzene rings is 2. The van der Waals surface area contributed by atoms with Crippen molar-refractivity contribution in [2.45, 2.75) is 13.3 Å². The molecule has 0 saturated carbocycles. The first-order valence-corrected chi connectivity index (χ1v) is 7.85. The van der Waals surface area contributed by atoms with Crippen molar-refractivity contribution in [3.8, 4) is 0 Å². The quantitative estimate of drug-likeness (QED) is 0.361. The number of thiocarbonyl (C=S) groups is 1. The lowest BCUT2D eigenvalue weighted by atomic mass is 10.1. The first kappa shape index (κ1) is 16.0. The third-order valence-corrected chi connectivity index (χ3v) is 4.15. The van der Waals surface area contributed by atoms with Crippen LogP contribution in [0.3, 0.4) is 0 Å². The molecular formula is C18H15N3O2S. The van der Waals surface area contributed by atoms with Gasteiger partial charge in [-0.3, -0.25) is 10.1 Å². The highest BCUT2D eigenvalue weighted by atomic mass is 32.1. The molecule has 120 valence electrons. The van der Waals surface area contributed by atoms with Gasteiger partial charge in [-0.25, -0.2) is 5.01 Å². The van der Waals surface area contributed by atoms with Gasteiger partial charge in [0, 0.05) is 17.7 Å². The number of hydrogen-bond acceptors (Lipinski definition) is 4. The van der Waals surface area contributed by atoms with E-state index in [4.69, 9.17) is 12.2 Å². The van der Waals surface area contributed by atoms with E-state index in [1.807, 2.05) is 43.3 Å². The molecule has 0 atom stereocenters. The number of hydrogen-bond donors (Lipinski definition) is 0. The minimum Gasteiger partial charge on any atom is -0.258 e. The number of para-hydroxylation sites is 1. The molecule has 5 nitrogen and oxygen atoms in total. The average Bonchev–Trinajstić information content (AvgIpc) is 2.88. The van der Waals surface area contributed by atoms with Gasteiger partial charge in [-0.05, 0) is 31.0 Å². The summed E-state index contributed by atoms with van der Waals surface area (Å²) in [6, 6.07) is 16.3. The number of non-ortho nitro benzene ring substituents is 1. The van der Waals surface area contributed by atoms with Gasteiger partial charge >= 0.3 is 0 Å². The van der Waals surface area contributed by atoms with Crippen molar-refractivity contribution < 1.29 is 4.92 Å². The molecule has 0 spiro atoms. The standard InChI is InChI=1S/C18H15N3O2S/c1-13-17(12-9-14-7-10-16(11-8-14)21(22)23)18(24)20(19-13)15-5-3-2-4-6-15/h2-8,10-12H,9H2,1H3/b17-12+. The van der Waals surface area contributed by atoms with Crippen molar-refractivity contribution in [3.05, 3.63) is 81.9 Å². The Morgan fingerprint density at radius 2 is 1.83 bits per heavy atom. The van der Waals surface area contributed by atoms with Crippen molar-refractivity contribution in [3.63, 3.8) is 0 Å². The average molecular weight is 337 g/mol. The van der Waals surface area contributed by atoms with Gasteiger partial charge in [-0.15, -0.1) is 0 Å². The van der Waals surface area contributed by atoms with E-state index in [0.717, 1.165) is 22.5 Å². The molecule has 0 N–H and O–H groups in total. The fourth-order valence-corrected chi connectivity index (χ4v) is 2.85. The summed E-state index contributed by atoms with van der Waals surface area (Å²) in [5, 5.41) is 17.0. The largest absolute Gasteiger partial charge is 0.269 e. The van der Waals surface area contributed by atoms with Crippen LogP contribution in [-0.4, -0.2) is 15.6 Å². The fraction of sp³-hybridized carbons (Fsp3) is 0.111. The van der Waals surface area contributed by atoms with Gasteiger partial charge in [0.25, 0.3) is 5.69 Å². The maximum atomic E-state index is 10.7. The highest BCUT2D eigenvalue weighted by Gasteiger charge is 2.24. The van der Waals surface area contributed by atoms with Crippen LogP contribution in [0.2, 0.25) is 0 Å². The topological polar surface area (TPSA) is 58.7 Å². The molecule has 2 aromatic carbocycles. The van der Waals surface area contributed by atoms with E-state index in [-0.39, 0.29) is 5.69 Å². The molecule has 2 aromatic rings. The summed E-state index contributed by atoms with van der Waals surface area (Å²) in [5.74, 6) is 0. The number of rotatable bonds is 4. The Hall–Kier alpha value is -2.86. The number of nitrogens with zero attached hydrogens (tertiary/aromatic N) is 3. The van der Waals surface area contributed by atoms with Crippen LogP contribution in [-0.2, 0) is 6.42 Å². The molecule has 1 aliphatic rings. The van der Waals surface area contributed by atoms with E-state index in [1.165, 1.54) is 12.1 Å². The highest BCUT2D eigenvalue weighted by Crippen LogP contribution is 2.24. The molecule has 0 saturated heterocycles. The maximum Gasteiger partial charge on any atom is 0.269 e. The summed E-state index contributed by atoms with van der Waals surface area (Å²) in [6.45, 7) is 1.93. The molecule has 0 unspecified atom stereocenters. The van der Waals surface area contributed by atoms with Gasteiger partial charge in [0.15, 0.2) is 0 Å². The van der Waals surface area contributed by atoms with Crippen molar-refractivity contribution in [2.75, 3.05) is 5.01 Å². The zero-order valence-corrected chi connectivity index (χ0v) is 13.9. The van der Waals surface area contributed by atoms with Crippen molar-refractivity contribution in [1.29, 1.82) is 0 Å². The van der Waals surface area contributed by atoms with Crippen LogP contribution in [0.1, 0.15) is 12.5 Å². The zero-order valence-electron chi connectivity index (χ0n) is 13.0. The Morgan fingerprint density at radius 1 is 1.17 bits per heavy atom. The molecule has 1 aliphatic heterocycles. The fourth-order valence-electron chi connectivity index (χ4n) is 2.47. The van der Waals surface area contributed by atoms with E-state index >= 15 is 0 Å². The normalized spacial score (nSPS) is 15.7. The van der Waals surface area contributed by atoms with Gasteiger partial charge in [0.1, 0.15) is 4.99 Å². The van der Waals surface area contributed by atoms with Crippen LogP contribution in [0, 0.1) is 10.1 Å². The van der Waals surface area contributed by atoms with E-state index in [0.29, 0.717) is 11.4 Å². The van der Waals surface area contributed by atoms with E-state index in [2.05, 4.69) is 5.10 Å². The molecule has 0 bridgehead atoms. The highest BCUT2D eigenvalue weighted by molar-refractivity contribution is 7.81. The molecule has 1 heterocycles. The summed E-state index contributed by atoms with van der Waals surface area (Å²) in [6.07, 6.45) is 2.66. The third kappa shape index (κ3) is 3.23. The lowest BCUT2D eigenvalue weighted by Gasteiger charge is -2.13.